The third kappa shape index (κ3) is 2.88. The second-order valence-corrected chi connectivity index (χ2v) is 7.96. The fourth-order valence-corrected chi connectivity index (χ4v) is 4.37. The number of rotatable bonds is 2. The molecule has 0 amide bonds. The lowest BCUT2D eigenvalue weighted by molar-refractivity contribution is -0.137. The zero-order valence-corrected chi connectivity index (χ0v) is 13.9. The first-order valence-electron chi connectivity index (χ1n) is 7.61. The molecule has 0 N–H and O–H groups in total. The van der Waals surface area contributed by atoms with Crippen LogP contribution in [0.25, 0.3) is 22.9 Å². The van der Waals surface area contributed by atoms with Gasteiger partial charge in [-0.2, -0.15) is 13.2 Å². The number of alkyl halides is 3. The summed E-state index contributed by atoms with van der Waals surface area (Å²) in [5, 5.41) is 7.77. The van der Waals surface area contributed by atoms with Crippen molar-refractivity contribution in [1.29, 1.82) is 0 Å². The predicted molar refractivity (Wildman–Crippen MR) is 85.9 cm³/mol. The van der Waals surface area contributed by atoms with Crippen molar-refractivity contribution in [3.63, 3.8) is 0 Å². The largest absolute Gasteiger partial charge is 0.416 e. The fourth-order valence-electron chi connectivity index (χ4n) is 2.82. The third-order valence-electron chi connectivity index (χ3n) is 4.17. The molecule has 1 aliphatic heterocycles. The van der Waals surface area contributed by atoms with Crippen LogP contribution in [-0.2, 0) is 22.4 Å². The van der Waals surface area contributed by atoms with E-state index in [9.17, 15) is 21.6 Å². The molecule has 2 heterocycles. The molecule has 0 aliphatic carbocycles. The zero-order chi connectivity index (χ0) is 18.5. The molecule has 5 nitrogen and oxygen atoms in total. The molecule has 4 rings (SSSR count). The van der Waals surface area contributed by atoms with E-state index in [0.717, 1.165) is 12.1 Å². The minimum Gasteiger partial charge on any atom is -0.416 e. The first-order chi connectivity index (χ1) is 12.2. The molecule has 26 heavy (non-hydrogen) atoms. The van der Waals surface area contributed by atoms with E-state index in [1.807, 2.05) is 0 Å². The van der Waals surface area contributed by atoms with Gasteiger partial charge in [-0.05, 0) is 54.4 Å². The summed E-state index contributed by atoms with van der Waals surface area (Å²) in [7, 11) is -3.22. The molecular formula is C17H11F3N2O3S. The van der Waals surface area contributed by atoms with Gasteiger partial charge in [0.2, 0.25) is 11.8 Å². The lowest BCUT2D eigenvalue weighted by Crippen LogP contribution is -2.03. The number of halogens is 3. The van der Waals surface area contributed by atoms with Gasteiger partial charge in [-0.25, -0.2) is 8.42 Å². The van der Waals surface area contributed by atoms with Crippen LogP contribution in [0, 0.1) is 0 Å². The summed E-state index contributed by atoms with van der Waals surface area (Å²) in [4.78, 5) is 0.309. The average Bonchev–Trinajstić information content (AvgIpc) is 3.19. The number of sulfone groups is 1. The molecule has 1 aromatic heterocycles. The number of hydrogen-bond donors (Lipinski definition) is 0. The first-order valence-corrected chi connectivity index (χ1v) is 9.26. The Kier molecular flexibility index (Phi) is 3.65. The Bertz CT molecular complexity index is 1090. The van der Waals surface area contributed by atoms with E-state index in [4.69, 9.17) is 4.42 Å². The van der Waals surface area contributed by atoms with Gasteiger partial charge in [0.15, 0.2) is 9.84 Å². The van der Waals surface area contributed by atoms with Crippen LogP contribution in [0.4, 0.5) is 13.2 Å². The summed E-state index contributed by atoms with van der Waals surface area (Å²) in [6.07, 6.45) is -3.99. The summed E-state index contributed by atoms with van der Waals surface area (Å²) < 4.78 is 67.1. The van der Waals surface area contributed by atoms with E-state index in [0.29, 0.717) is 28.0 Å². The van der Waals surface area contributed by atoms with Crippen LogP contribution in [-0.4, -0.2) is 24.4 Å². The maximum Gasteiger partial charge on any atom is 0.416 e. The highest BCUT2D eigenvalue weighted by atomic mass is 32.2. The molecule has 0 saturated carbocycles. The number of aryl methyl sites for hydroxylation is 1. The smallest absolute Gasteiger partial charge is 0.416 e. The monoisotopic (exact) mass is 380 g/mol. The molecule has 3 aromatic rings. The Hall–Kier alpha value is -2.68. The van der Waals surface area contributed by atoms with E-state index >= 15 is 0 Å². The van der Waals surface area contributed by atoms with Crippen molar-refractivity contribution in [3.05, 3.63) is 53.6 Å². The molecular weight excluding hydrogens is 369 g/mol. The number of fused-ring (bicyclic) bond motifs is 1. The first kappa shape index (κ1) is 16.8. The van der Waals surface area contributed by atoms with Crippen molar-refractivity contribution in [2.24, 2.45) is 0 Å². The Balaban J connectivity index is 1.65. The molecule has 0 unspecified atom stereocenters. The summed E-state index contributed by atoms with van der Waals surface area (Å²) in [6, 6.07) is 9.17. The van der Waals surface area contributed by atoms with Crippen molar-refractivity contribution in [2.45, 2.75) is 17.5 Å². The number of hydrogen-bond acceptors (Lipinski definition) is 5. The highest BCUT2D eigenvalue weighted by Crippen LogP contribution is 2.33. The molecule has 9 heteroatoms. The summed E-state index contributed by atoms with van der Waals surface area (Å²) in [6.45, 7) is 0. The van der Waals surface area contributed by atoms with Gasteiger partial charge < -0.3 is 4.42 Å². The second-order valence-electron chi connectivity index (χ2n) is 5.88. The van der Waals surface area contributed by atoms with Crippen molar-refractivity contribution in [3.8, 4) is 22.9 Å². The van der Waals surface area contributed by atoms with Crippen molar-refractivity contribution in [2.75, 3.05) is 5.75 Å². The second kappa shape index (κ2) is 5.66. The van der Waals surface area contributed by atoms with Gasteiger partial charge in [-0.15, -0.1) is 10.2 Å². The molecule has 134 valence electrons. The van der Waals surface area contributed by atoms with E-state index in [1.54, 1.807) is 12.1 Å². The molecule has 0 bridgehead atoms. The van der Waals surface area contributed by atoms with Crippen LogP contribution in [0.1, 0.15) is 11.1 Å². The van der Waals surface area contributed by atoms with Crippen LogP contribution in [0.5, 0.6) is 0 Å². The van der Waals surface area contributed by atoms with Crippen LogP contribution >= 0.6 is 0 Å². The van der Waals surface area contributed by atoms with E-state index < -0.39 is 21.6 Å². The molecule has 0 radical (unpaired) electrons. The topological polar surface area (TPSA) is 73.1 Å². The summed E-state index contributed by atoms with van der Waals surface area (Å²) >= 11 is 0. The molecule has 1 aliphatic rings. The van der Waals surface area contributed by atoms with E-state index in [1.165, 1.54) is 18.2 Å². The lowest BCUT2D eigenvalue weighted by Gasteiger charge is -2.05. The van der Waals surface area contributed by atoms with E-state index in [2.05, 4.69) is 10.2 Å². The number of nitrogens with zero attached hydrogens (tertiary/aromatic N) is 2. The average molecular weight is 380 g/mol. The molecule has 2 aromatic carbocycles. The van der Waals surface area contributed by atoms with Gasteiger partial charge in [0, 0.05) is 11.1 Å². The van der Waals surface area contributed by atoms with Crippen molar-refractivity contribution < 1.29 is 26.0 Å². The highest BCUT2D eigenvalue weighted by molar-refractivity contribution is 7.91. The Labute approximate surface area is 146 Å². The molecule has 0 fully saturated rings. The van der Waals surface area contributed by atoms with Crippen LogP contribution in [0.15, 0.2) is 51.8 Å². The van der Waals surface area contributed by atoms with Gasteiger partial charge in [0.25, 0.3) is 0 Å². The maximum atomic E-state index is 12.6. The molecule has 0 spiro atoms. The Morgan fingerprint density at radius 1 is 0.923 bits per heavy atom. The Morgan fingerprint density at radius 2 is 1.54 bits per heavy atom. The molecule has 0 atom stereocenters. The minimum absolute atomic E-state index is 0.0758. The van der Waals surface area contributed by atoms with Gasteiger partial charge in [-0.1, -0.05) is 0 Å². The lowest BCUT2D eigenvalue weighted by atomic mass is 10.1. The van der Waals surface area contributed by atoms with Gasteiger partial charge in [0.05, 0.1) is 16.2 Å². The van der Waals surface area contributed by atoms with Crippen LogP contribution in [0.2, 0.25) is 0 Å². The summed E-state index contributed by atoms with van der Waals surface area (Å²) in [5.41, 5.74) is 0.851. The van der Waals surface area contributed by atoms with Crippen LogP contribution in [0.3, 0.4) is 0 Å². The zero-order valence-electron chi connectivity index (χ0n) is 13.1. The van der Waals surface area contributed by atoms with Crippen molar-refractivity contribution >= 4 is 9.84 Å². The highest BCUT2D eigenvalue weighted by Gasteiger charge is 2.30. The van der Waals surface area contributed by atoms with Crippen LogP contribution < -0.4 is 0 Å². The standard InChI is InChI=1S/C17H11F3N2O3S/c18-17(19,20)13-4-1-10(2-5-13)15-21-22-16(25-15)12-3-6-14-11(9-12)7-8-26(14,23)24/h1-6,9H,7-8H2. The maximum absolute atomic E-state index is 12.6. The van der Waals surface area contributed by atoms with Gasteiger partial charge >= 0.3 is 6.18 Å². The fraction of sp³-hybridized carbons (Fsp3) is 0.176. The number of aromatic nitrogens is 2. The normalized spacial score (nSPS) is 15.8. The third-order valence-corrected chi connectivity index (χ3v) is 5.98. The van der Waals surface area contributed by atoms with E-state index in [-0.39, 0.29) is 17.5 Å². The van der Waals surface area contributed by atoms with Gasteiger partial charge in [0.1, 0.15) is 0 Å². The number of benzene rings is 2. The molecule has 0 saturated heterocycles. The predicted octanol–water partition coefficient (Wildman–Crippen LogP) is 3.75. The SMILES string of the molecule is O=S1(=O)CCc2cc(-c3nnc(-c4ccc(C(F)(F)F)cc4)o3)ccc21. The van der Waals surface area contributed by atoms with Crippen molar-refractivity contribution in [1.82, 2.24) is 10.2 Å². The quantitative estimate of drug-likeness (QED) is 0.677. The van der Waals surface area contributed by atoms with Gasteiger partial charge in [-0.3, -0.25) is 0 Å². The minimum atomic E-state index is -4.41. The summed E-state index contributed by atoms with van der Waals surface area (Å²) in [5.74, 6) is 0.334. The Morgan fingerprint density at radius 3 is 2.19 bits per heavy atom.